The number of anilines is 2. The highest BCUT2D eigenvalue weighted by Gasteiger charge is 2.52. The summed E-state index contributed by atoms with van der Waals surface area (Å²) in [5.41, 5.74) is 7.97. The van der Waals surface area contributed by atoms with E-state index in [1.165, 1.54) is 33.9 Å². The molecule has 0 aromatic heterocycles. The third kappa shape index (κ3) is 2.60. The van der Waals surface area contributed by atoms with E-state index in [-0.39, 0.29) is 0 Å². The van der Waals surface area contributed by atoms with Crippen LogP contribution in [0.3, 0.4) is 0 Å². The average Bonchev–Trinajstić information content (AvgIpc) is 2.77. The van der Waals surface area contributed by atoms with Crippen molar-refractivity contribution < 1.29 is 0 Å². The number of aryl methyl sites for hydroxylation is 2. The Hall–Kier alpha value is -2.04. The topological polar surface area (TPSA) is 9.72 Å². The van der Waals surface area contributed by atoms with Crippen molar-refractivity contribution in [2.24, 2.45) is 0 Å². The first kappa shape index (κ1) is 17.8. The molecular weight excluding hydrogens is 322 g/mol. The fourth-order valence-electron chi connectivity index (χ4n) is 3.91. The maximum atomic E-state index is 2.60. The predicted molar refractivity (Wildman–Crippen MR) is 111 cm³/mol. The molecule has 0 fully saturated rings. The smallest absolute Gasteiger partial charge is 0.340 e. The van der Waals surface area contributed by atoms with E-state index in [4.69, 9.17) is 0 Å². The van der Waals surface area contributed by atoms with E-state index in [0.29, 0.717) is 0 Å². The third-order valence-corrected chi connectivity index (χ3v) is 10.1. The highest BCUT2D eigenvalue weighted by atomic mass is 28.4. The molecule has 2 aromatic carbocycles. The number of allylic oxidation sites excluding steroid dienone is 2. The third-order valence-electron chi connectivity index (χ3n) is 5.60. The van der Waals surface area contributed by atoms with Crippen molar-refractivity contribution in [2.75, 3.05) is 23.2 Å². The zero-order valence-corrected chi connectivity index (χ0v) is 17.5. The summed E-state index contributed by atoms with van der Waals surface area (Å²) in [6.45, 7) is 11.4. The second-order valence-electron chi connectivity index (χ2n) is 7.28. The fourth-order valence-corrected chi connectivity index (χ4v) is 7.91. The van der Waals surface area contributed by atoms with Crippen molar-refractivity contribution in [3.05, 3.63) is 71.1 Å². The van der Waals surface area contributed by atoms with Gasteiger partial charge in [-0.2, -0.15) is 0 Å². The Morgan fingerprint density at radius 1 is 0.680 bits per heavy atom. The predicted octanol–water partition coefficient (Wildman–Crippen LogP) is 5.01. The Morgan fingerprint density at radius 2 is 1.04 bits per heavy atom. The number of hydrogen-bond donors (Lipinski definition) is 0. The van der Waals surface area contributed by atoms with E-state index < -0.39 is 8.56 Å². The molecule has 132 valence electrons. The van der Waals surface area contributed by atoms with Crippen LogP contribution in [0.2, 0.25) is 6.55 Å². The lowest BCUT2D eigenvalue weighted by Crippen LogP contribution is -2.68. The summed E-state index contributed by atoms with van der Waals surface area (Å²) in [5.74, 6) is 0. The molecule has 3 nitrogen and oxygen atoms in total. The quantitative estimate of drug-likeness (QED) is 0.720. The highest BCUT2D eigenvalue weighted by molar-refractivity contribution is 6.85. The molecule has 4 heteroatoms. The van der Waals surface area contributed by atoms with Crippen LogP contribution in [0.1, 0.15) is 25.0 Å². The van der Waals surface area contributed by atoms with Crippen LogP contribution in [-0.2, 0) is 0 Å². The molecule has 0 saturated heterocycles. The largest absolute Gasteiger partial charge is 0.354 e. The standard InChI is InChI=1S/C21H29N3Si/c1-16-12-8-10-14-20(16)23-18(3)19(4)24(25(23,7)22(5)6)21-15-11-9-13-17(21)2/h8-15H,1-7H3. The van der Waals surface area contributed by atoms with Crippen LogP contribution >= 0.6 is 0 Å². The van der Waals surface area contributed by atoms with Gasteiger partial charge in [0, 0.05) is 22.8 Å². The van der Waals surface area contributed by atoms with Crippen molar-refractivity contribution in [1.29, 1.82) is 0 Å². The van der Waals surface area contributed by atoms with Crippen LogP contribution in [0.25, 0.3) is 0 Å². The molecule has 0 radical (unpaired) electrons. The van der Waals surface area contributed by atoms with Crippen LogP contribution in [0.15, 0.2) is 59.9 Å². The summed E-state index contributed by atoms with van der Waals surface area (Å²) >= 11 is 0. The first-order chi connectivity index (χ1) is 11.8. The molecule has 1 aliphatic heterocycles. The van der Waals surface area contributed by atoms with Crippen LogP contribution in [0.4, 0.5) is 11.4 Å². The second kappa shape index (κ2) is 6.35. The summed E-state index contributed by atoms with van der Waals surface area (Å²) in [4.78, 5) is 0. The minimum Gasteiger partial charge on any atom is -0.340 e. The molecular formula is C21H29N3Si. The zero-order chi connectivity index (χ0) is 18.4. The van der Waals surface area contributed by atoms with Crippen LogP contribution in [0, 0.1) is 13.8 Å². The van der Waals surface area contributed by atoms with Crippen molar-refractivity contribution in [1.82, 2.24) is 4.57 Å². The Morgan fingerprint density at radius 3 is 1.36 bits per heavy atom. The van der Waals surface area contributed by atoms with E-state index in [1.54, 1.807) is 0 Å². The summed E-state index contributed by atoms with van der Waals surface area (Å²) in [6.07, 6.45) is 0. The van der Waals surface area contributed by atoms with Gasteiger partial charge in [-0.15, -0.1) is 0 Å². The van der Waals surface area contributed by atoms with Gasteiger partial charge in [0.1, 0.15) is 0 Å². The maximum Gasteiger partial charge on any atom is 0.354 e. The van der Waals surface area contributed by atoms with E-state index in [0.717, 1.165) is 0 Å². The summed E-state index contributed by atoms with van der Waals surface area (Å²) < 4.78 is 7.64. The molecule has 0 atom stereocenters. The minimum absolute atomic E-state index is 1.32. The number of benzene rings is 2. The van der Waals surface area contributed by atoms with Crippen LogP contribution in [0.5, 0.6) is 0 Å². The van der Waals surface area contributed by atoms with E-state index in [1.807, 2.05) is 0 Å². The van der Waals surface area contributed by atoms with Gasteiger partial charge in [-0.25, -0.2) is 0 Å². The van der Waals surface area contributed by atoms with Crippen LogP contribution < -0.4 is 9.13 Å². The van der Waals surface area contributed by atoms with Gasteiger partial charge in [-0.1, -0.05) is 36.4 Å². The molecule has 0 amide bonds. The monoisotopic (exact) mass is 351 g/mol. The van der Waals surface area contributed by atoms with Crippen molar-refractivity contribution in [3.63, 3.8) is 0 Å². The van der Waals surface area contributed by atoms with Gasteiger partial charge >= 0.3 is 8.56 Å². The Labute approximate surface area is 153 Å². The van der Waals surface area contributed by atoms with Crippen molar-refractivity contribution in [2.45, 2.75) is 34.2 Å². The minimum atomic E-state index is -2.17. The molecule has 1 aliphatic rings. The molecule has 25 heavy (non-hydrogen) atoms. The van der Waals surface area contributed by atoms with Gasteiger partial charge < -0.3 is 9.13 Å². The summed E-state index contributed by atoms with van der Waals surface area (Å²) in [5, 5.41) is 0. The number of nitrogens with zero attached hydrogens (tertiary/aromatic N) is 3. The normalized spacial score (nSPS) is 17.0. The Balaban J connectivity index is 2.25. The number of rotatable bonds is 3. The molecule has 0 unspecified atom stereocenters. The molecule has 0 spiro atoms. The molecule has 0 bridgehead atoms. The highest BCUT2D eigenvalue weighted by Crippen LogP contribution is 2.43. The Kier molecular flexibility index (Phi) is 4.52. The van der Waals surface area contributed by atoms with Gasteiger partial charge in [-0.3, -0.25) is 4.57 Å². The summed E-state index contributed by atoms with van der Waals surface area (Å²) in [7, 11) is 2.27. The number of para-hydroxylation sites is 2. The molecule has 0 aliphatic carbocycles. The molecule has 3 rings (SSSR count). The summed E-state index contributed by atoms with van der Waals surface area (Å²) in [6, 6.07) is 17.4. The van der Waals surface area contributed by atoms with Gasteiger partial charge in [0.15, 0.2) is 0 Å². The fraction of sp³-hybridized carbons (Fsp3) is 0.333. The maximum absolute atomic E-state index is 2.60. The van der Waals surface area contributed by atoms with Gasteiger partial charge in [-0.05, 0) is 71.6 Å². The van der Waals surface area contributed by atoms with Gasteiger partial charge in [0.25, 0.3) is 0 Å². The van der Waals surface area contributed by atoms with E-state index in [9.17, 15) is 0 Å². The molecule has 2 aromatic rings. The number of hydrogen-bond acceptors (Lipinski definition) is 3. The lowest BCUT2D eigenvalue weighted by atomic mass is 10.2. The molecule has 1 heterocycles. The zero-order valence-electron chi connectivity index (χ0n) is 16.5. The molecule has 0 N–H and O–H groups in total. The van der Waals surface area contributed by atoms with Gasteiger partial charge in [0.2, 0.25) is 0 Å². The lowest BCUT2D eigenvalue weighted by Gasteiger charge is -2.46. The second-order valence-corrected chi connectivity index (χ2v) is 11.0. The van der Waals surface area contributed by atoms with Crippen LogP contribution in [-0.4, -0.2) is 27.2 Å². The van der Waals surface area contributed by atoms with E-state index in [2.05, 4.69) is 111 Å². The van der Waals surface area contributed by atoms with E-state index >= 15 is 0 Å². The average molecular weight is 352 g/mol. The Bertz CT molecular complexity index is 764. The lowest BCUT2D eigenvalue weighted by molar-refractivity contribution is 0.610. The SMILES string of the molecule is CC1=C(C)N(c2ccccc2C)[Si](C)(N(C)C)N1c1ccccc1C. The first-order valence-corrected chi connectivity index (χ1v) is 11.2. The van der Waals surface area contributed by atoms with Crippen molar-refractivity contribution >= 4 is 19.9 Å². The van der Waals surface area contributed by atoms with Gasteiger partial charge in [0.05, 0.1) is 0 Å². The van der Waals surface area contributed by atoms with Crippen molar-refractivity contribution in [3.8, 4) is 0 Å². The first-order valence-electron chi connectivity index (χ1n) is 8.86. The molecule has 0 saturated carbocycles.